The van der Waals surface area contributed by atoms with Gasteiger partial charge in [0.2, 0.25) is 0 Å². The summed E-state index contributed by atoms with van der Waals surface area (Å²) in [5.41, 5.74) is 9.93. The Hall–Kier alpha value is -2.36. The molecule has 4 heteroatoms. The van der Waals surface area contributed by atoms with Crippen LogP contribution in [0.25, 0.3) is 0 Å². The number of nitrogens with two attached hydrogens (primary N) is 1. The van der Waals surface area contributed by atoms with Crippen molar-refractivity contribution in [3.05, 3.63) is 53.2 Å². The molecular formula is C17H20N4. The molecule has 0 saturated heterocycles. The Morgan fingerprint density at radius 3 is 2.81 bits per heavy atom. The molecule has 1 aliphatic heterocycles. The second kappa shape index (κ2) is 5.56. The molecule has 4 nitrogen and oxygen atoms in total. The topological polar surface area (TPSA) is 66.0 Å². The number of fused-ring (bicyclic) bond motifs is 1. The zero-order chi connectivity index (χ0) is 14.8. The summed E-state index contributed by atoms with van der Waals surface area (Å²) < 4.78 is 0. The van der Waals surface area contributed by atoms with E-state index in [0.29, 0.717) is 5.56 Å². The molecule has 0 fully saturated rings. The van der Waals surface area contributed by atoms with E-state index in [9.17, 15) is 0 Å². The Morgan fingerprint density at radius 2 is 2.00 bits per heavy atom. The van der Waals surface area contributed by atoms with Crippen LogP contribution >= 0.6 is 0 Å². The standard InChI is InChI=1S/C17H20N4/c1-12-9-10-14(16(18)19)17(20-12)21-11-5-4-7-13-6-2-3-8-15(13)21/h2-3,6,8-10H,4-5,7,11H2,1H3,(H3,18,19). The highest BCUT2D eigenvalue weighted by atomic mass is 15.2. The van der Waals surface area contributed by atoms with Gasteiger partial charge in [-0.25, -0.2) is 4.98 Å². The van der Waals surface area contributed by atoms with Crippen molar-refractivity contribution < 1.29 is 0 Å². The van der Waals surface area contributed by atoms with Gasteiger partial charge in [-0.15, -0.1) is 0 Å². The number of para-hydroxylation sites is 1. The lowest BCUT2D eigenvalue weighted by molar-refractivity contribution is 0.757. The number of benzene rings is 1. The van der Waals surface area contributed by atoms with Crippen molar-refractivity contribution >= 4 is 17.3 Å². The molecule has 3 rings (SSSR count). The Labute approximate surface area is 125 Å². The molecule has 0 radical (unpaired) electrons. The number of nitrogens with one attached hydrogen (secondary N) is 1. The zero-order valence-electron chi connectivity index (χ0n) is 12.3. The third kappa shape index (κ3) is 2.61. The second-order valence-electron chi connectivity index (χ2n) is 5.47. The van der Waals surface area contributed by atoms with Crippen LogP contribution in [-0.4, -0.2) is 17.4 Å². The molecule has 1 aromatic heterocycles. The molecule has 0 spiro atoms. The van der Waals surface area contributed by atoms with E-state index in [4.69, 9.17) is 11.1 Å². The van der Waals surface area contributed by atoms with E-state index >= 15 is 0 Å². The molecule has 0 saturated carbocycles. The molecule has 0 unspecified atom stereocenters. The maximum Gasteiger partial charge on any atom is 0.144 e. The second-order valence-corrected chi connectivity index (χ2v) is 5.47. The van der Waals surface area contributed by atoms with Gasteiger partial charge in [0.25, 0.3) is 0 Å². The van der Waals surface area contributed by atoms with Crippen molar-refractivity contribution in [1.29, 1.82) is 5.41 Å². The number of nitrogens with zero attached hydrogens (tertiary/aromatic N) is 2. The van der Waals surface area contributed by atoms with Crippen LogP contribution in [0.15, 0.2) is 36.4 Å². The van der Waals surface area contributed by atoms with E-state index in [1.165, 1.54) is 17.7 Å². The third-order valence-corrected chi connectivity index (χ3v) is 3.92. The Bertz CT molecular complexity index is 678. The number of rotatable bonds is 2. The van der Waals surface area contributed by atoms with Gasteiger partial charge in [-0.2, -0.15) is 0 Å². The largest absolute Gasteiger partial charge is 0.384 e. The van der Waals surface area contributed by atoms with Gasteiger partial charge in [-0.3, -0.25) is 5.41 Å². The van der Waals surface area contributed by atoms with Gasteiger partial charge in [-0.05, 0) is 49.9 Å². The van der Waals surface area contributed by atoms with Crippen LogP contribution in [0.5, 0.6) is 0 Å². The summed E-state index contributed by atoms with van der Waals surface area (Å²) in [6.45, 7) is 2.88. The summed E-state index contributed by atoms with van der Waals surface area (Å²) in [6.07, 6.45) is 3.38. The van der Waals surface area contributed by atoms with Crippen LogP contribution in [-0.2, 0) is 6.42 Å². The molecule has 1 aromatic carbocycles. The normalized spacial score (nSPS) is 14.4. The molecular weight excluding hydrogens is 260 g/mol. The fourth-order valence-corrected chi connectivity index (χ4v) is 2.87. The van der Waals surface area contributed by atoms with Gasteiger partial charge >= 0.3 is 0 Å². The quantitative estimate of drug-likeness (QED) is 0.656. The van der Waals surface area contributed by atoms with E-state index in [2.05, 4.69) is 34.1 Å². The third-order valence-electron chi connectivity index (χ3n) is 3.92. The lowest BCUT2D eigenvalue weighted by Gasteiger charge is -2.26. The number of nitrogen functional groups attached to an aromatic ring is 1. The molecule has 0 atom stereocenters. The number of anilines is 2. The maximum atomic E-state index is 7.82. The van der Waals surface area contributed by atoms with E-state index in [1.807, 2.05) is 19.1 Å². The number of amidine groups is 1. The van der Waals surface area contributed by atoms with Gasteiger partial charge in [0, 0.05) is 17.9 Å². The molecule has 0 bridgehead atoms. The maximum absolute atomic E-state index is 7.82. The van der Waals surface area contributed by atoms with Gasteiger partial charge in [0.1, 0.15) is 11.7 Å². The van der Waals surface area contributed by atoms with Crippen molar-refractivity contribution in [3.63, 3.8) is 0 Å². The molecule has 2 heterocycles. The van der Waals surface area contributed by atoms with Gasteiger partial charge < -0.3 is 10.6 Å². The van der Waals surface area contributed by atoms with Crippen LogP contribution in [0.1, 0.15) is 29.7 Å². The smallest absolute Gasteiger partial charge is 0.144 e. The van der Waals surface area contributed by atoms with E-state index in [1.54, 1.807) is 0 Å². The fourth-order valence-electron chi connectivity index (χ4n) is 2.87. The van der Waals surface area contributed by atoms with Crippen molar-refractivity contribution in [2.24, 2.45) is 5.73 Å². The summed E-state index contributed by atoms with van der Waals surface area (Å²) >= 11 is 0. The lowest BCUT2D eigenvalue weighted by Crippen LogP contribution is -2.24. The molecule has 0 amide bonds. The van der Waals surface area contributed by atoms with Crippen LogP contribution in [0.4, 0.5) is 11.5 Å². The van der Waals surface area contributed by atoms with E-state index in [0.717, 1.165) is 30.9 Å². The molecule has 1 aliphatic rings. The number of aromatic nitrogens is 1. The first-order valence-corrected chi connectivity index (χ1v) is 7.34. The molecule has 0 aliphatic carbocycles. The van der Waals surface area contributed by atoms with Crippen LogP contribution in [0.2, 0.25) is 0 Å². The van der Waals surface area contributed by atoms with Crippen molar-refractivity contribution in [2.45, 2.75) is 26.2 Å². The number of hydrogen-bond acceptors (Lipinski definition) is 3. The van der Waals surface area contributed by atoms with Crippen molar-refractivity contribution in [1.82, 2.24) is 4.98 Å². The first-order valence-electron chi connectivity index (χ1n) is 7.34. The zero-order valence-corrected chi connectivity index (χ0v) is 12.3. The minimum absolute atomic E-state index is 0.0687. The minimum Gasteiger partial charge on any atom is -0.384 e. The summed E-state index contributed by atoms with van der Waals surface area (Å²) in [6, 6.07) is 12.3. The Morgan fingerprint density at radius 1 is 1.19 bits per heavy atom. The van der Waals surface area contributed by atoms with Gasteiger partial charge in [0.15, 0.2) is 0 Å². The molecule has 2 aromatic rings. The Kier molecular flexibility index (Phi) is 3.60. The summed E-state index contributed by atoms with van der Waals surface area (Å²) in [4.78, 5) is 6.88. The number of pyridine rings is 1. The monoisotopic (exact) mass is 280 g/mol. The summed E-state index contributed by atoms with van der Waals surface area (Å²) in [7, 11) is 0. The van der Waals surface area contributed by atoms with Crippen LogP contribution in [0.3, 0.4) is 0 Å². The van der Waals surface area contributed by atoms with Gasteiger partial charge in [-0.1, -0.05) is 18.2 Å². The molecule has 3 N–H and O–H groups in total. The average molecular weight is 280 g/mol. The number of hydrogen-bond donors (Lipinski definition) is 2. The van der Waals surface area contributed by atoms with E-state index in [-0.39, 0.29) is 5.84 Å². The van der Waals surface area contributed by atoms with Crippen molar-refractivity contribution in [2.75, 3.05) is 11.4 Å². The molecule has 21 heavy (non-hydrogen) atoms. The summed E-state index contributed by atoms with van der Waals surface area (Å²) in [5, 5.41) is 7.82. The highest BCUT2D eigenvalue weighted by Gasteiger charge is 2.21. The minimum atomic E-state index is 0.0687. The predicted octanol–water partition coefficient (Wildman–Crippen LogP) is 3.15. The lowest BCUT2D eigenvalue weighted by atomic mass is 10.1. The van der Waals surface area contributed by atoms with E-state index < -0.39 is 0 Å². The van der Waals surface area contributed by atoms with Crippen LogP contribution in [0, 0.1) is 12.3 Å². The SMILES string of the molecule is Cc1ccc(C(=N)N)c(N2CCCCc3ccccc32)n1. The number of aryl methyl sites for hydroxylation is 2. The van der Waals surface area contributed by atoms with Crippen molar-refractivity contribution in [3.8, 4) is 0 Å². The highest BCUT2D eigenvalue weighted by molar-refractivity contribution is 6.00. The highest BCUT2D eigenvalue weighted by Crippen LogP contribution is 2.33. The predicted molar refractivity (Wildman–Crippen MR) is 86.4 cm³/mol. The summed E-state index contributed by atoms with van der Waals surface area (Å²) in [5.74, 6) is 0.871. The first kappa shape index (κ1) is 13.6. The fraction of sp³-hybridized carbons (Fsp3) is 0.294. The first-order chi connectivity index (χ1) is 10.2. The van der Waals surface area contributed by atoms with Crippen LogP contribution < -0.4 is 10.6 Å². The van der Waals surface area contributed by atoms with Gasteiger partial charge in [0.05, 0.1) is 5.56 Å². The Balaban J connectivity index is 2.16. The average Bonchev–Trinajstić information content (AvgIpc) is 2.69. The molecule has 108 valence electrons.